The third-order valence-electron chi connectivity index (χ3n) is 2.21. The molecule has 0 saturated carbocycles. The molecule has 0 amide bonds. The standard InChI is InChI=1S/C11H12N2O2/c1-7(12)11-10(6-15-13-11)8-2-4-9(14)5-3-8/h2-7,14H,12H2,1H3. The topological polar surface area (TPSA) is 72.3 Å². The minimum Gasteiger partial charge on any atom is -0.508 e. The second-order valence-electron chi connectivity index (χ2n) is 3.45. The van der Waals surface area contributed by atoms with E-state index in [1.165, 1.54) is 0 Å². The molecule has 1 aromatic heterocycles. The zero-order valence-electron chi connectivity index (χ0n) is 8.34. The molecule has 0 aliphatic heterocycles. The van der Waals surface area contributed by atoms with Gasteiger partial charge in [0.2, 0.25) is 0 Å². The molecule has 0 radical (unpaired) electrons. The highest BCUT2D eigenvalue weighted by Crippen LogP contribution is 2.27. The summed E-state index contributed by atoms with van der Waals surface area (Å²) in [5.74, 6) is 0.234. The molecule has 1 aromatic carbocycles. The number of phenolic OH excluding ortho intramolecular Hbond substituents is 1. The second-order valence-corrected chi connectivity index (χ2v) is 3.45. The smallest absolute Gasteiger partial charge is 0.131 e. The predicted octanol–water partition coefficient (Wildman–Crippen LogP) is 2.07. The van der Waals surface area contributed by atoms with Crippen LogP contribution in [0.4, 0.5) is 0 Å². The van der Waals surface area contributed by atoms with Crippen molar-refractivity contribution < 1.29 is 9.63 Å². The van der Waals surface area contributed by atoms with Crippen molar-refractivity contribution >= 4 is 0 Å². The Morgan fingerprint density at radius 2 is 2.00 bits per heavy atom. The van der Waals surface area contributed by atoms with E-state index in [4.69, 9.17) is 15.4 Å². The molecule has 15 heavy (non-hydrogen) atoms. The summed E-state index contributed by atoms with van der Waals surface area (Å²) in [5, 5.41) is 13.0. The van der Waals surface area contributed by atoms with Gasteiger partial charge in [-0.15, -0.1) is 0 Å². The number of aromatic nitrogens is 1. The predicted molar refractivity (Wildman–Crippen MR) is 56.2 cm³/mol. The van der Waals surface area contributed by atoms with Crippen LogP contribution in [0.1, 0.15) is 18.7 Å². The minimum atomic E-state index is -0.174. The zero-order valence-corrected chi connectivity index (χ0v) is 8.34. The van der Waals surface area contributed by atoms with Gasteiger partial charge in [0.15, 0.2) is 0 Å². The van der Waals surface area contributed by atoms with E-state index < -0.39 is 0 Å². The monoisotopic (exact) mass is 204 g/mol. The summed E-state index contributed by atoms with van der Waals surface area (Å²) < 4.78 is 4.90. The van der Waals surface area contributed by atoms with Crippen molar-refractivity contribution in [3.05, 3.63) is 36.2 Å². The van der Waals surface area contributed by atoms with Crippen molar-refractivity contribution in [2.75, 3.05) is 0 Å². The number of hydrogen-bond acceptors (Lipinski definition) is 4. The molecule has 2 aromatic rings. The molecule has 78 valence electrons. The SMILES string of the molecule is CC(N)c1nocc1-c1ccc(O)cc1. The summed E-state index contributed by atoms with van der Waals surface area (Å²) in [6, 6.07) is 6.66. The van der Waals surface area contributed by atoms with Crippen LogP contribution in [0.5, 0.6) is 5.75 Å². The van der Waals surface area contributed by atoms with Gasteiger partial charge in [-0.05, 0) is 24.6 Å². The Hall–Kier alpha value is -1.81. The third-order valence-corrected chi connectivity index (χ3v) is 2.21. The first-order valence-electron chi connectivity index (χ1n) is 4.67. The van der Waals surface area contributed by atoms with Gasteiger partial charge in [-0.25, -0.2) is 0 Å². The highest BCUT2D eigenvalue weighted by Gasteiger charge is 2.13. The molecule has 1 atom stereocenters. The minimum absolute atomic E-state index is 0.174. The number of aromatic hydroxyl groups is 1. The van der Waals surface area contributed by atoms with Crippen molar-refractivity contribution in [2.45, 2.75) is 13.0 Å². The molecule has 1 heterocycles. The Morgan fingerprint density at radius 1 is 1.33 bits per heavy atom. The van der Waals surface area contributed by atoms with Gasteiger partial charge in [0, 0.05) is 11.6 Å². The molecular weight excluding hydrogens is 192 g/mol. The fourth-order valence-corrected chi connectivity index (χ4v) is 1.43. The van der Waals surface area contributed by atoms with Gasteiger partial charge in [-0.2, -0.15) is 0 Å². The van der Waals surface area contributed by atoms with Gasteiger partial charge >= 0.3 is 0 Å². The largest absolute Gasteiger partial charge is 0.508 e. The van der Waals surface area contributed by atoms with Crippen molar-refractivity contribution in [3.63, 3.8) is 0 Å². The number of rotatable bonds is 2. The third kappa shape index (κ3) is 1.85. The molecule has 0 aliphatic rings. The maximum Gasteiger partial charge on any atom is 0.131 e. The Labute approximate surface area is 87.3 Å². The average Bonchev–Trinajstić information content (AvgIpc) is 2.67. The highest BCUT2D eigenvalue weighted by molar-refractivity contribution is 5.65. The maximum absolute atomic E-state index is 9.17. The first-order chi connectivity index (χ1) is 7.18. The molecule has 2 rings (SSSR count). The van der Waals surface area contributed by atoms with E-state index in [2.05, 4.69) is 5.16 Å². The van der Waals surface area contributed by atoms with Crippen LogP contribution in [-0.4, -0.2) is 10.3 Å². The summed E-state index contributed by atoms with van der Waals surface area (Å²) in [4.78, 5) is 0. The van der Waals surface area contributed by atoms with Crippen LogP contribution in [0.2, 0.25) is 0 Å². The first kappa shape index (κ1) is 9.73. The lowest BCUT2D eigenvalue weighted by atomic mass is 10.0. The van der Waals surface area contributed by atoms with Crippen molar-refractivity contribution in [2.24, 2.45) is 5.73 Å². The molecule has 0 saturated heterocycles. The number of nitrogens with two attached hydrogens (primary N) is 1. The Balaban J connectivity index is 2.45. The first-order valence-corrected chi connectivity index (χ1v) is 4.67. The van der Waals surface area contributed by atoms with E-state index in [1.54, 1.807) is 30.5 Å². The molecule has 0 fully saturated rings. The molecular formula is C11H12N2O2. The molecule has 4 heteroatoms. The molecule has 0 spiro atoms. The van der Waals surface area contributed by atoms with Crippen molar-refractivity contribution in [1.82, 2.24) is 5.16 Å². The lowest BCUT2D eigenvalue weighted by molar-refractivity contribution is 0.407. The lowest BCUT2D eigenvalue weighted by Crippen LogP contribution is -2.06. The Bertz CT molecular complexity index is 446. The quantitative estimate of drug-likeness (QED) is 0.785. The summed E-state index contributed by atoms with van der Waals surface area (Å²) in [6.45, 7) is 1.85. The highest BCUT2D eigenvalue weighted by atomic mass is 16.5. The molecule has 0 bridgehead atoms. The number of benzene rings is 1. The fraction of sp³-hybridized carbons (Fsp3) is 0.182. The van der Waals surface area contributed by atoms with Crippen LogP contribution in [0.3, 0.4) is 0 Å². The van der Waals surface area contributed by atoms with Gasteiger partial charge in [0.25, 0.3) is 0 Å². The number of phenols is 1. The number of hydrogen-bond donors (Lipinski definition) is 2. The van der Waals surface area contributed by atoms with Crippen molar-refractivity contribution in [3.8, 4) is 16.9 Å². The second kappa shape index (κ2) is 3.74. The van der Waals surface area contributed by atoms with Gasteiger partial charge in [-0.1, -0.05) is 17.3 Å². The van der Waals surface area contributed by atoms with Gasteiger partial charge in [0.05, 0.1) is 0 Å². The van der Waals surface area contributed by atoms with Gasteiger partial charge < -0.3 is 15.4 Å². The van der Waals surface area contributed by atoms with Gasteiger partial charge in [-0.3, -0.25) is 0 Å². The van der Waals surface area contributed by atoms with E-state index in [1.807, 2.05) is 6.92 Å². The fourth-order valence-electron chi connectivity index (χ4n) is 1.43. The molecule has 0 aliphatic carbocycles. The lowest BCUT2D eigenvalue weighted by Gasteiger charge is -2.03. The van der Waals surface area contributed by atoms with Crippen LogP contribution in [0.25, 0.3) is 11.1 Å². The van der Waals surface area contributed by atoms with Crippen LogP contribution in [0.15, 0.2) is 35.1 Å². The van der Waals surface area contributed by atoms with E-state index >= 15 is 0 Å². The summed E-state index contributed by atoms with van der Waals surface area (Å²) in [7, 11) is 0. The Kier molecular flexibility index (Phi) is 2.43. The summed E-state index contributed by atoms with van der Waals surface area (Å²) >= 11 is 0. The number of nitrogens with zero attached hydrogens (tertiary/aromatic N) is 1. The Morgan fingerprint density at radius 3 is 2.60 bits per heavy atom. The normalized spacial score (nSPS) is 12.7. The summed E-state index contributed by atoms with van der Waals surface area (Å²) in [6.07, 6.45) is 1.56. The van der Waals surface area contributed by atoms with E-state index in [9.17, 15) is 0 Å². The molecule has 4 nitrogen and oxygen atoms in total. The maximum atomic E-state index is 9.17. The average molecular weight is 204 g/mol. The molecule has 3 N–H and O–H groups in total. The van der Waals surface area contributed by atoms with Crippen molar-refractivity contribution in [1.29, 1.82) is 0 Å². The zero-order chi connectivity index (χ0) is 10.8. The van der Waals surface area contributed by atoms with E-state index in [0.717, 1.165) is 16.8 Å². The van der Waals surface area contributed by atoms with E-state index in [-0.39, 0.29) is 11.8 Å². The molecule has 1 unspecified atom stereocenters. The van der Waals surface area contributed by atoms with Crippen LogP contribution < -0.4 is 5.73 Å². The van der Waals surface area contributed by atoms with Crippen LogP contribution >= 0.6 is 0 Å². The van der Waals surface area contributed by atoms with E-state index in [0.29, 0.717) is 0 Å². The van der Waals surface area contributed by atoms with Crippen LogP contribution in [-0.2, 0) is 0 Å². The van der Waals surface area contributed by atoms with Gasteiger partial charge in [0.1, 0.15) is 17.7 Å². The summed E-state index contributed by atoms with van der Waals surface area (Å²) in [5.41, 5.74) is 8.27. The van der Waals surface area contributed by atoms with Crippen LogP contribution in [0, 0.1) is 0 Å².